The van der Waals surface area contributed by atoms with E-state index in [2.05, 4.69) is 16.8 Å². The summed E-state index contributed by atoms with van der Waals surface area (Å²) in [5.41, 5.74) is 0.264. The van der Waals surface area contributed by atoms with Gasteiger partial charge in [-0.15, -0.1) is 0 Å². The van der Waals surface area contributed by atoms with Crippen molar-refractivity contribution in [1.29, 1.82) is 0 Å². The van der Waals surface area contributed by atoms with Gasteiger partial charge in [-0.25, -0.2) is 4.79 Å². The summed E-state index contributed by atoms with van der Waals surface area (Å²) < 4.78 is 44.5. The molecule has 0 aliphatic carbocycles. The average Bonchev–Trinajstić information content (AvgIpc) is 3.59. The number of aliphatic hydroxyl groups excluding tert-OH is 1. The van der Waals surface area contributed by atoms with Crippen LogP contribution in [0.2, 0.25) is 5.02 Å². The molecular formula is C49H64ClN3O11. The van der Waals surface area contributed by atoms with Gasteiger partial charge >= 0.3 is 12.1 Å². The van der Waals surface area contributed by atoms with Crippen LogP contribution in [0.15, 0.2) is 65.9 Å². The number of hydrogen-bond donors (Lipinski definition) is 1. The quantitative estimate of drug-likeness (QED) is 0.121. The van der Waals surface area contributed by atoms with Gasteiger partial charge in [0.25, 0.3) is 0 Å². The summed E-state index contributed by atoms with van der Waals surface area (Å²) in [6.45, 7) is 13.4. The molecule has 15 heteroatoms. The van der Waals surface area contributed by atoms with Gasteiger partial charge in [0.2, 0.25) is 0 Å². The van der Waals surface area contributed by atoms with Gasteiger partial charge in [-0.1, -0.05) is 92.7 Å². The number of oxime groups is 1. The second kappa shape index (κ2) is 21.3. The minimum atomic E-state index is -1.41. The zero-order valence-electron chi connectivity index (χ0n) is 38.6. The van der Waals surface area contributed by atoms with E-state index in [-0.39, 0.29) is 25.7 Å². The monoisotopic (exact) mass is 905 g/mol. The molecule has 3 fully saturated rings. The first-order valence-electron chi connectivity index (χ1n) is 22.2. The number of cyclic esters (lactones) is 1. The van der Waals surface area contributed by atoms with Gasteiger partial charge < -0.3 is 48.0 Å². The number of benzene rings is 2. The number of likely N-dealkylation sites (N-methyl/N-ethyl adjacent to an activating group) is 1. The Labute approximate surface area is 382 Å². The Hall–Kier alpha value is -4.33. The standard InChI is InChI=1S/C49H64ClN3O11/c1-11-39-49(7)44(63-47(56)64-49)30(3)40(52-60-28-35-19-12-14-20-36(35)50)29(2)26-48(6,57-10)43(62-46-41(54)38(53(8)9)22-24-59-46)31(4)42(32(5)45(55)61-39)58-23-16-17-33-25-34-18-13-15-21-37(34)51-27-33/h12-15,18-21,25,27,29-32,38-39,41-44,46,54H,11,22-24,26,28H2,1-10H3/b52-40+/t29-,30+,31+,32-,38-,39-,41+,42+,43-,44+,46+,48-,49-/m1/s1. The molecule has 0 saturated carbocycles. The van der Waals surface area contributed by atoms with Crippen molar-refractivity contribution >= 4 is 40.3 Å². The molecule has 13 atom stereocenters. The van der Waals surface area contributed by atoms with Gasteiger partial charge in [0.05, 0.1) is 41.6 Å². The van der Waals surface area contributed by atoms with Crippen LogP contribution in [-0.2, 0) is 49.4 Å². The Balaban J connectivity index is 1.43. The van der Waals surface area contributed by atoms with Crippen molar-refractivity contribution in [3.8, 4) is 11.8 Å². The van der Waals surface area contributed by atoms with Crippen LogP contribution in [0.4, 0.5) is 4.79 Å². The predicted molar refractivity (Wildman–Crippen MR) is 241 cm³/mol. The smallest absolute Gasteiger partial charge is 0.458 e. The molecule has 3 aliphatic heterocycles. The fraction of sp³-hybridized carbons (Fsp3) is 0.592. The predicted octanol–water partition coefficient (Wildman–Crippen LogP) is 7.59. The summed E-state index contributed by atoms with van der Waals surface area (Å²) in [5, 5.41) is 17.9. The summed E-state index contributed by atoms with van der Waals surface area (Å²) in [5.74, 6) is 3.15. The third-order valence-electron chi connectivity index (χ3n) is 13.3. The third kappa shape index (κ3) is 10.8. The number of aromatic nitrogens is 1. The van der Waals surface area contributed by atoms with Gasteiger partial charge in [0.15, 0.2) is 18.0 Å². The Morgan fingerprint density at radius 1 is 1.03 bits per heavy atom. The number of hydrogen-bond acceptors (Lipinski definition) is 14. The Bertz CT molecular complexity index is 2180. The molecule has 3 saturated heterocycles. The molecule has 1 aromatic heterocycles. The molecule has 0 amide bonds. The molecule has 348 valence electrons. The van der Waals surface area contributed by atoms with E-state index < -0.39 is 83.8 Å². The molecule has 0 spiro atoms. The zero-order valence-corrected chi connectivity index (χ0v) is 39.4. The molecule has 3 aromatic rings. The minimum absolute atomic E-state index is 0.0585. The van der Waals surface area contributed by atoms with Crippen molar-refractivity contribution in [2.24, 2.45) is 28.8 Å². The molecular weight excluding hydrogens is 842 g/mol. The lowest BCUT2D eigenvalue weighted by Gasteiger charge is -2.47. The maximum absolute atomic E-state index is 14.6. The Morgan fingerprint density at radius 2 is 1.77 bits per heavy atom. The van der Waals surface area contributed by atoms with E-state index in [9.17, 15) is 14.7 Å². The number of halogens is 1. The normalized spacial score (nSPS) is 34.5. The number of methoxy groups -OCH3 is 1. The van der Waals surface area contributed by atoms with Gasteiger partial charge in [-0.05, 0) is 72.3 Å². The second-order valence-electron chi connectivity index (χ2n) is 17.9. The lowest BCUT2D eigenvalue weighted by molar-refractivity contribution is -0.289. The summed E-state index contributed by atoms with van der Waals surface area (Å²) in [4.78, 5) is 40.3. The van der Waals surface area contributed by atoms with E-state index >= 15 is 0 Å². The highest BCUT2D eigenvalue weighted by molar-refractivity contribution is 6.31. The minimum Gasteiger partial charge on any atom is -0.458 e. The number of pyridine rings is 1. The van der Waals surface area contributed by atoms with Crippen molar-refractivity contribution in [2.45, 2.75) is 128 Å². The first-order valence-corrected chi connectivity index (χ1v) is 22.5. The van der Waals surface area contributed by atoms with E-state index in [4.69, 9.17) is 54.8 Å². The molecule has 0 bridgehead atoms. The number of nitrogens with zero attached hydrogens (tertiary/aromatic N) is 3. The highest BCUT2D eigenvalue weighted by Crippen LogP contribution is 2.43. The van der Waals surface area contributed by atoms with Gasteiger partial charge in [-0.2, -0.15) is 0 Å². The molecule has 3 aliphatic rings. The van der Waals surface area contributed by atoms with Crippen molar-refractivity contribution < 1.29 is 52.7 Å². The lowest BCUT2D eigenvalue weighted by Crippen LogP contribution is -2.59. The number of para-hydroxylation sites is 1. The van der Waals surface area contributed by atoms with Gasteiger partial charge in [0, 0.05) is 58.6 Å². The highest BCUT2D eigenvalue weighted by Gasteiger charge is 2.59. The van der Waals surface area contributed by atoms with E-state index in [0.29, 0.717) is 35.7 Å². The van der Waals surface area contributed by atoms with Crippen molar-refractivity contribution in [1.82, 2.24) is 9.88 Å². The number of fused-ring (bicyclic) bond motifs is 2. The van der Waals surface area contributed by atoms with Crippen molar-refractivity contribution in [3.05, 3.63) is 76.9 Å². The fourth-order valence-electron chi connectivity index (χ4n) is 9.66. The van der Waals surface area contributed by atoms with E-state index in [1.54, 1.807) is 33.2 Å². The van der Waals surface area contributed by atoms with E-state index in [1.807, 2.05) is 102 Å². The van der Waals surface area contributed by atoms with E-state index in [1.165, 1.54) is 0 Å². The van der Waals surface area contributed by atoms with Crippen LogP contribution in [0, 0.1) is 35.5 Å². The molecule has 4 heterocycles. The molecule has 64 heavy (non-hydrogen) atoms. The van der Waals surface area contributed by atoms with Gasteiger partial charge in [-0.3, -0.25) is 9.78 Å². The maximum atomic E-state index is 14.6. The first-order chi connectivity index (χ1) is 30.5. The average molecular weight is 907 g/mol. The molecule has 1 N–H and O–H groups in total. The van der Waals surface area contributed by atoms with Crippen LogP contribution in [-0.4, -0.2) is 121 Å². The molecule has 0 unspecified atom stereocenters. The third-order valence-corrected chi connectivity index (χ3v) is 13.6. The maximum Gasteiger partial charge on any atom is 0.509 e. The molecule has 14 nitrogen and oxygen atoms in total. The zero-order chi connectivity index (χ0) is 46.3. The van der Waals surface area contributed by atoms with Crippen LogP contribution in [0.3, 0.4) is 0 Å². The lowest BCUT2D eigenvalue weighted by atomic mass is 9.73. The largest absolute Gasteiger partial charge is 0.509 e. The SMILES string of the molecule is CC[C@H]1OC(=O)[C@H](C)[C@@H](OCC#Cc2cnc3ccccc3c2)[C@H](C)[C@@H](O[C@@H]2OCC[C@@H](N(C)C)[C@@H]2O)[C@](C)(OC)C[C@@H](C)/C(=N\OCc2ccccc2Cl)[C@H](C)[C@@H]2OC(=O)O[C@]12C. The summed E-state index contributed by atoms with van der Waals surface area (Å²) in [7, 11) is 5.41. The number of carbonyl (C=O) groups excluding carboxylic acids is 2. The summed E-state index contributed by atoms with van der Waals surface area (Å²) in [6.07, 6.45) is -3.68. The number of rotatable bonds is 10. The van der Waals surface area contributed by atoms with Crippen LogP contribution >= 0.6 is 11.6 Å². The number of carbonyl (C=O) groups is 2. The summed E-state index contributed by atoms with van der Waals surface area (Å²) in [6, 6.07) is 16.8. The number of ether oxygens (including phenoxy) is 7. The van der Waals surface area contributed by atoms with E-state index in [0.717, 1.165) is 16.5 Å². The van der Waals surface area contributed by atoms with Crippen LogP contribution in [0.1, 0.15) is 78.9 Å². The Morgan fingerprint density at radius 3 is 2.48 bits per heavy atom. The fourth-order valence-corrected chi connectivity index (χ4v) is 9.85. The Kier molecular flexibility index (Phi) is 16.4. The second-order valence-corrected chi connectivity index (χ2v) is 18.4. The van der Waals surface area contributed by atoms with Crippen molar-refractivity contribution in [3.63, 3.8) is 0 Å². The van der Waals surface area contributed by atoms with Crippen LogP contribution in [0.25, 0.3) is 10.9 Å². The highest BCUT2D eigenvalue weighted by atomic mass is 35.5. The molecule has 0 radical (unpaired) electrons. The topological polar surface area (TPSA) is 157 Å². The molecule has 2 aromatic carbocycles. The number of aliphatic hydroxyl groups is 1. The first kappa shape index (κ1) is 49.1. The summed E-state index contributed by atoms with van der Waals surface area (Å²) >= 11 is 6.49. The molecule has 6 rings (SSSR count). The number of esters is 1. The van der Waals surface area contributed by atoms with Crippen molar-refractivity contribution in [2.75, 3.05) is 34.4 Å². The van der Waals surface area contributed by atoms with Crippen LogP contribution < -0.4 is 0 Å². The van der Waals surface area contributed by atoms with Crippen LogP contribution in [0.5, 0.6) is 0 Å². The van der Waals surface area contributed by atoms with Gasteiger partial charge in [0.1, 0.15) is 25.4 Å².